The van der Waals surface area contributed by atoms with Gasteiger partial charge in [-0.3, -0.25) is 4.79 Å². The van der Waals surface area contributed by atoms with Crippen LogP contribution in [0.1, 0.15) is 29.8 Å². The molecule has 0 bridgehead atoms. The molecule has 0 aliphatic heterocycles. The summed E-state index contributed by atoms with van der Waals surface area (Å²) in [6.07, 6.45) is 1.64. The zero-order valence-electron chi connectivity index (χ0n) is 13.0. The van der Waals surface area contributed by atoms with Gasteiger partial charge < -0.3 is 14.8 Å². The largest absolute Gasteiger partial charge is 0.491 e. The number of aromatic nitrogens is 1. The summed E-state index contributed by atoms with van der Waals surface area (Å²) in [5, 5.41) is 2.85. The average molecular weight is 300 g/mol. The summed E-state index contributed by atoms with van der Waals surface area (Å²) in [6.45, 7) is 4.42. The minimum atomic E-state index is -0.169. The molecular weight excluding hydrogens is 280 g/mol. The molecule has 0 radical (unpaired) electrons. The fourth-order valence-electron chi connectivity index (χ4n) is 1.88. The number of ether oxygens (including phenoxy) is 2. The Morgan fingerprint density at radius 3 is 2.45 bits per heavy atom. The maximum absolute atomic E-state index is 12.0. The van der Waals surface area contributed by atoms with Crippen molar-refractivity contribution in [3.05, 3.63) is 53.7 Å². The molecule has 116 valence electrons. The summed E-state index contributed by atoms with van der Waals surface area (Å²) in [6, 6.07) is 11.0. The number of carbonyl (C=O) groups is 1. The van der Waals surface area contributed by atoms with Gasteiger partial charge in [-0.25, -0.2) is 4.98 Å². The number of benzene rings is 1. The molecule has 0 aliphatic carbocycles. The Hall–Kier alpha value is -2.56. The highest BCUT2D eigenvalue weighted by molar-refractivity contribution is 5.93. The molecule has 5 heteroatoms. The maximum Gasteiger partial charge on any atom is 0.253 e. The van der Waals surface area contributed by atoms with Gasteiger partial charge in [-0.2, -0.15) is 0 Å². The summed E-state index contributed by atoms with van der Waals surface area (Å²) in [5.41, 5.74) is 1.51. The molecule has 1 amide bonds. The predicted molar refractivity (Wildman–Crippen MR) is 84.2 cm³/mol. The molecule has 1 aromatic heterocycles. The van der Waals surface area contributed by atoms with Gasteiger partial charge >= 0.3 is 0 Å². The van der Waals surface area contributed by atoms with Crippen molar-refractivity contribution in [2.45, 2.75) is 26.5 Å². The Morgan fingerprint density at radius 2 is 1.91 bits per heavy atom. The maximum atomic E-state index is 12.0. The summed E-state index contributed by atoms with van der Waals surface area (Å²) in [4.78, 5) is 16.0. The monoisotopic (exact) mass is 300 g/mol. The molecule has 2 rings (SSSR count). The Balaban J connectivity index is 1.90. The second kappa shape index (κ2) is 7.45. The van der Waals surface area contributed by atoms with Crippen molar-refractivity contribution in [3.8, 4) is 11.6 Å². The van der Waals surface area contributed by atoms with E-state index in [-0.39, 0.29) is 12.0 Å². The zero-order valence-corrected chi connectivity index (χ0v) is 13.0. The van der Waals surface area contributed by atoms with Crippen molar-refractivity contribution >= 4 is 5.91 Å². The van der Waals surface area contributed by atoms with Gasteiger partial charge in [-0.05, 0) is 37.6 Å². The van der Waals surface area contributed by atoms with Gasteiger partial charge in [-0.15, -0.1) is 0 Å². The summed E-state index contributed by atoms with van der Waals surface area (Å²) in [7, 11) is 1.54. The van der Waals surface area contributed by atoms with Crippen LogP contribution in [0.2, 0.25) is 0 Å². The Bertz CT molecular complexity index is 607. The van der Waals surface area contributed by atoms with Crippen LogP contribution in [0.3, 0.4) is 0 Å². The number of hydrogen-bond acceptors (Lipinski definition) is 4. The number of amides is 1. The van der Waals surface area contributed by atoms with Crippen molar-refractivity contribution in [3.63, 3.8) is 0 Å². The third-order valence-electron chi connectivity index (χ3n) is 2.96. The zero-order chi connectivity index (χ0) is 15.9. The molecule has 0 spiro atoms. The molecule has 0 saturated heterocycles. The Kier molecular flexibility index (Phi) is 5.36. The van der Waals surface area contributed by atoms with Gasteiger partial charge in [0.15, 0.2) is 0 Å². The highest BCUT2D eigenvalue weighted by Crippen LogP contribution is 2.14. The molecule has 5 nitrogen and oxygen atoms in total. The van der Waals surface area contributed by atoms with E-state index in [0.29, 0.717) is 18.0 Å². The van der Waals surface area contributed by atoms with E-state index >= 15 is 0 Å². The van der Waals surface area contributed by atoms with E-state index < -0.39 is 0 Å². The van der Waals surface area contributed by atoms with Crippen molar-refractivity contribution in [1.29, 1.82) is 0 Å². The molecular formula is C17H20N2O3. The minimum absolute atomic E-state index is 0.146. The number of methoxy groups -OCH3 is 1. The smallest absolute Gasteiger partial charge is 0.253 e. The lowest BCUT2D eigenvalue weighted by atomic mass is 10.2. The normalized spacial score (nSPS) is 10.4. The fourth-order valence-corrected chi connectivity index (χ4v) is 1.88. The summed E-state index contributed by atoms with van der Waals surface area (Å²) in [5.74, 6) is 1.14. The molecule has 1 N–H and O–H groups in total. The number of rotatable bonds is 6. The minimum Gasteiger partial charge on any atom is -0.491 e. The van der Waals surface area contributed by atoms with E-state index in [9.17, 15) is 4.79 Å². The van der Waals surface area contributed by atoms with E-state index in [1.165, 1.54) is 13.3 Å². The molecule has 0 atom stereocenters. The van der Waals surface area contributed by atoms with Crippen LogP contribution in [0.25, 0.3) is 0 Å². The molecule has 0 aliphatic rings. The lowest BCUT2D eigenvalue weighted by molar-refractivity contribution is 0.0950. The summed E-state index contributed by atoms with van der Waals surface area (Å²) >= 11 is 0. The van der Waals surface area contributed by atoms with Crippen molar-refractivity contribution in [1.82, 2.24) is 10.3 Å². The first-order chi connectivity index (χ1) is 10.6. The number of carbonyl (C=O) groups excluding carboxylic acids is 1. The Labute approximate surface area is 130 Å². The van der Waals surface area contributed by atoms with E-state index in [1.54, 1.807) is 12.1 Å². The van der Waals surface area contributed by atoms with Crippen LogP contribution < -0.4 is 14.8 Å². The number of pyridine rings is 1. The second-order valence-electron chi connectivity index (χ2n) is 5.08. The standard InChI is InChI=1S/C17H20N2O3/c1-12(2)22-15-7-4-13(5-8-15)10-19-17(20)14-6-9-16(21-3)18-11-14/h4-9,11-12H,10H2,1-3H3,(H,19,20). The van der Waals surface area contributed by atoms with Crippen LogP contribution >= 0.6 is 0 Å². The van der Waals surface area contributed by atoms with Crippen molar-refractivity contribution in [2.24, 2.45) is 0 Å². The topological polar surface area (TPSA) is 60.5 Å². The van der Waals surface area contributed by atoms with Gasteiger partial charge in [0.1, 0.15) is 5.75 Å². The van der Waals surface area contributed by atoms with Crippen LogP contribution in [0, 0.1) is 0 Å². The first-order valence-electron chi connectivity index (χ1n) is 7.12. The van der Waals surface area contributed by atoms with Gasteiger partial charge in [-0.1, -0.05) is 12.1 Å². The van der Waals surface area contributed by atoms with Gasteiger partial charge in [0.2, 0.25) is 5.88 Å². The highest BCUT2D eigenvalue weighted by Gasteiger charge is 2.06. The molecule has 2 aromatic rings. The highest BCUT2D eigenvalue weighted by atomic mass is 16.5. The number of nitrogens with zero attached hydrogens (tertiary/aromatic N) is 1. The quantitative estimate of drug-likeness (QED) is 0.891. The number of nitrogens with one attached hydrogen (secondary N) is 1. The van der Waals surface area contributed by atoms with Crippen LogP contribution in [-0.2, 0) is 6.54 Å². The predicted octanol–water partition coefficient (Wildman–Crippen LogP) is 2.81. The molecule has 0 fully saturated rings. The van der Waals surface area contributed by atoms with Crippen molar-refractivity contribution < 1.29 is 14.3 Å². The SMILES string of the molecule is COc1ccc(C(=O)NCc2ccc(OC(C)C)cc2)cn1. The molecule has 1 aromatic carbocycles. The number of hydrogen-bond donors (Lipinski definition) is 1. The molecule has 22 heavy (non-hydrogen) atoms. The molecule has 0 saturated carbocycles. The average Bonchev–Trinajstić information content (AvgIpc) is 2.53. The van der Waals surface area contributed by atoms with Gasteiger partial charge in [0.25, 0.3) is 5.91 Å². The van der Waals surface area contributed by atoms with E-state index in [1.807, 2.05) is 38.1 Å². The first-order valence-corrected chi connectivity index (χ1v) is 7.12. The van der Waals surface area contributed by atoms with Crippen molar-refractivity contribution in [2.75, 3.05) is 7.11 Å². The van der Waals surface area contributed by atoms with Gasteiger partial charge in [0, 0.05) is 18.8 Å². The first kappa shape index (κ1) is 15.8. The second-order valence-corrected chi connectivity index (χ2v) is 5.08. The third kappa shape index (κ3) is 4.48. The van der Waals surface area contributed by atoms with E-state index in [4.69, 9.17) is 9.47 Å². The van der Waals surface area contributed by atoms with Crippen LogP contribution in [0.15, 0.2) is 42.6 Å². The summed E-state index contributed by atoms with van der Waals surface area (Å²) < 4.78 is 10.5. The van der Waals surface area contributed by atoms with E-state index in [2.05, 4.69) is 10.3 Å². The Morgan fingerprint density at radius 1 is 1.18 bits per heavy atom. The van der Waals surface area contributed by atoms with Crippen LogP contribution in [0.5, 0.6) is 11.6 Å². The third-order valence-corrected chi connectivity index (χ3v) is 2.96. The van der Waals surface area contributed by atoms with Gasteiger partial charge in [0.05, 0.1) is 18.8 Å². The van der Waals surface area contributed by atoms with Crippen LogP contribution in [0.4, 0.5) is 0 Å². The lowest BCUT2D eigenvalue weighted by Gasteiger charge is -2.10. The molecule has 1 heterocycles. The van der Waals surface area contributed by atoms with E-state index in [0.717, 1.165) is 11.3 Å². The fraction of sp³-hybridized carbons (Fsp3) is 0.294. The van der Waals surface area contributed by atoms with Crippen LogP contribution in [-0.4, -0.2) is 24.1 Å². The molecule has 0 unspecified atom stereocenters. The lowest BCUT2D eigenvalue weighted by Crippen LogP contribution is -2.22.